The van der Waals surface area contributed by atoms with Gasteiger partial charge in [0.05, 0.1) is 23.2 Å². The highest BCUT2D eigenvalue weighted by atomic mass is 32.2. The third-order valence-electron chi connectivity index (χ3n) is 3.64. The summed E-state index contributed by atoms with van der Waals surface area (Å²) in [5.41, 5.74) is -2.77. The van der Waals surface area contributed by atoms with Gasteiger partial charge in [-0.2, -0.15) is 5.26 Å². The molecule has 0 aliphatic carbocycles. The van der Waals surface area contributed by atoms with Crippen molar-refractivity contribution in [1.29, 1.82) is 5.26 Å². The van der Waals surface area contributed by atoms with Gasteiger partial charge in [0.2, 0.25) is 0 Å². The van der Waals surface area contributed by atoms with Crippen molar-refractivity contribution in [2.75, 3.05) is 25.7 Å². The molecular formula is C11H19NO5S. The largest absolute Gasteiger partial charge is 0.388 e. The van der Waals surface area contributed by atoms with Crippen LogP contribution in [0.15, 0.2) is 0 Å². The Kier molecular flexibility index (Phi) is 4.38. The van der Waals surface area contributed by atoms with E-state index in [0.29, 0.717) is 0 Å². The summed E-state index contributed by atoms with van der Waals surface area (Å²) in [5, 5.41) is 19.8. The van der Waals surface area contributed by atoms with Gasteiger partial charge in [0.1, 0.15) is 5.41 Å². The van der Waals surface area contributed by atoms with Gasteiger partial charge in [-0.25, -0.2) is 8.42 Å². The SMILES string of the molecule is COC(CC(C)(O)C1(C#N)CCS(=O)(=O)C1)OC. The lowest BCUT2D eigenvalue weighted by Crippen LogP contribution is -2.48. The monoisotopic (exact) mass is 277 g/mol. The third kappa shape index (κ3) is 2.83. The average molecular weight is 277 g/mol. The van der Waals surface area contributed by atoms with Gasteiger partial charge < -0.3 is 14.6 Å². The Balaban J connectivity index is 2.98. The van der Waals surface area contributed by atoms with Crippen LogP contribution in [0.1, 0.15) is 19.8 Å². The lowest BCUT2D eigenvalue weighted by atomic mass is 9.71. The summed E-state index contributed by atoms with van der Waals surface area (Å²) in [4.78, 5) is 0. The molecule has 0 amide bonds. The number of nitriles is 1. The molecule has 6 nitrogen and oxygen atoms in total. The number of hydrogen-bond acceptors (Lipinski definition) is 6. The molecule has 104 valence electrons. The molecular weight excluding hydrogens is 258 g/mol. The zero-order valence-electron chi connectivity index (χ0n) is 10.8. The molecule has 1 aliphatic heterocycles. The Morgan fingerprint density at radius 3 is 2.39 bits per heavy atom. The lowest BCUT2D eigenvalue weighted by molar-refractivity contribution is -0.158. The van der Waals surface area contributed by atoms with E-state index >= 15 is 0 Å². The molecule has 0 bridgehead atoms. The maximum atomic E-state index is 11.6. The third-order valence-corrected chi connectivity index (χ3v) is 5.40. The summed E-state index contributed by atoms with van der Waals surface area (Å²) < 4.78 is 33.1. The molecule has 18 heavy (non-hydrogen) atoms. The maximum Gasteiger partial charge on any atom is 0.159 e. The van der Waals surface area contributed by atoms with Crippen LogP contribution in [0.4, 0.5) is 0 Å². The van der Waals surface area contributed by atoms with Crippen LogP contribution < -0.4 is 0 Å². The van der Waals surface area contributed by atoms with Crippen molar-refractivity contribution in [2.24, 2.45) is 5.41 Å². The first-order valence-corrected chi connectivity index (χ1v) is 7.44. The Labute approximate surface area is 107 Å². The molecule has 0 saturated carbocycles. The van der Waals surface area contributed by atoms with E-state index in [4.69, 9.17) is 9.47 Å². The molecule has 1 heterocycles. The van der Waals surface area contributed by atoms with Gasteiger partial charge in [0, 0.05) is 20.6 Å². The quantitative estimate of drug-likeness (QED) is 0.715. The molecule has 1 N–H and O–H groups in total. The zero-order chi connectivity index (χ0) is 14.0. The van der Waals surface area contributed by atoms with E-state index in [1.165, 1.54) is 21.1 Å². The van der Waals surface area contributed by atoms with Crippen LogP contribution in [0.3, 0.4) is 0 Å². The topological polar surface area (TPSA) is 96.6 Å². The molecule has 0 radical (unpaired) electrons. The smallest absolute Gasteiger partial charge is 0.159 e. The fourth-order valence-corrected chi connectivity index (χ4v) is 4.34. The van der Waals surface area contributed by atoms with Crippen LogP contribution in [-0.2, 0) is 19.3 Å². The van der Waals surface area contributed by atoms with E-state index in [1.54, 1.807) is 0 Å². The van der Waals surface area contributed by atoms with Gasteiger partial charge in [0.25, 0.3) is 0 Å². The highest BCUT2D eigenvalue weighted by Gasteiger charge is 2.55. The standard InChI is InChI=1S/C11H19NO5S/c1-10(13,6-9(16-2)17-3)11(7-12)4-5-18(14,15)8-11/h9,13H,4-6,8H2,1-3H3. The average Bonchev–Trinajstić information content (AvgIpc) is 2.63. The number of aliphatic hydroxyl groups is 1. The molecule has 2 atom stereocenters. The van der Waals surface area contributed by atoms with Gasteiger partial charge in [-0.15, -0.1) is 0 Å². The minimum Gasteiger partial charge on any atom is -0.388 e. The lowest BCUT2D eigenvalue weighted by Gasteiger charge is -2.38. The van der Waals surface area contributed by atoms with E-state index in [1.807, 2.05) is 6.07 Å². The molecule has 1 fully saturated rings. The molecule has 0 aromatic heterocycles. The summed E-state index contributed by atoms with van der Waals surface area (Å²) in [6.45, 7) is 1.46. The van der Waals surface area contributed by atoms with Gasteiger partial charge >= 0.3 is 0 Å². The van der Waals surface area contributed by atoms with Crippen LogP contribution in [-0.4, -0.2) is 51.1 Å². The van der Waals surface area contributed by atoms with Crippen molar-refractivity contribution in [2.45, 2.75) is 31.7 Å². The van der Waals surface area contributed by atoms with Gasteiger partial charge in [-0.05, 0) is 13.3 Å². The van der Waals surface area contributed by atoms with Crippen LogP contribution in [0.25, 0.3) is 0 Å². The van der Waals surface area contributed by atoms with E-state index in [9.17, 15) is 18.8 Å². The molecule has 2 unspecified atom stereocenters. The maximum absolute atomic E-state index is 11.6. The van der Waals surface area contributed by atoms with E-state index in [-0.39, 0.29) is 24.3 Å². The summed E-state index contributed by atoms with van der Waals surface area (Å²) >= 11 is 0. The fraction of sp³-hybridized carbons (Fsp3) is 0.909. The van der Waals surface area contributed by atoms with Crippen molar-refractivity contribution in [3.8, 4) is 6.07 Å². The van der Waals surface area contributed by atoms with Crippen LogP contribution >= 0.6 is 0 Å². The van der Waals surface area contributed by atoms with Crippen molar-refractivity contribution in [1.82, 2.24) is 0 Å². The minimum atomic E-state index is -3.26. The van der Waals surface area contributed by atoms with Gasteiger partial charge in [-0.1, -0.05) is 0 Å². The number of nitrogens with zero attached hydrogens (tertiary/aromatic N) is 1. The number of ether oxygens (including phenoxy) is 2. The Morgan fingerprint density at radius 2 is 2.06 bits per heavy atom. The van der Waals surface area contributed by atoms with Crippen LogP contribution in [0.5, 0.6) is 0 Å². The number of hydrogen-bond donors (Lipinski definition) is 1. The van der Waals surface area contributed by atoms with E-state index < -0.39 is 27.1 Å². The van der Waals surface area contributed by atoms with Gasteiger partial charge in [0.15, 0.2) is 16.1 Å². The first kappa shape index (κ1) is 15.4. The van der Waals surface area contributed by atoms with E-state index in [2.05, 4.69) is 0 Å². The second kappa shape index (κ2) is 5.13. The number of methoxy groups -OCH3 is 2. The Morgan fingerprint density at radius 1 is 1.50 bits per heavy atom. The first-order chi connectivity index (χ1) is 8.22. The van der Waals surface area contributed by atoms with Crippen molar-refractivity contribution < 1.29 is 23.0 Å². The molecule has 0 aromatic carbocycles. The molecule has 1 saturated heterocycles. The fourth-order valence-electron chi connectivity index (χ4n) is 2.27. The highest BCUT2D eigenvalue weighted by Crippen LogP contribution is 2.44. The molecule has 0 aromatic rings. The van der Waals surface area contributed by atoms with Gasteiger partial charge in [-0.3, -0.25) is 0 Å². The van der Waals surface area contributed by atoms with Crippen LogP contribution in [0.2, 0.25) is 0 Å². The number of rotatable bonds is 5. The molecule has 1 aliphatic rings. The summed E-state index contributed by atoms with van der Waals surface area (Å²) in [7, 11) is -0.412. The molecule has 7 heteroatoms. The number of sulfone groups is 1. The molecule has 0 spiro atoms. The highest BCUT2D eigenvalue weighted by molar-refractivity contribution is 7.91. The van der Waals surface area contributed by atoms with Crippen molar-refractivity contribution >= 4 is 9.84 Å². The zero-order valence-corrected chi connectivity index (χ0v) is 11.7. The summed E-state index contributed by atoms with van der Waals surface area (Å²) in [6, 6.07) is 1.99. The van der Waals surface area contributed by atoms with Crippen molar-refractivity contribution in [3.63, 3.8) is 0 Å². The van der Waals surface area contributed by atoms with E-state index in [0.717, 1.165) is 0 Å². The Bertz CT molecular complexity index is 435. The van der Waals surface area contributed by atoms with Crippen molar-refractivity contribution in [3.05, 3.63) is 0 Å². The molecule has 1 rings (SSSR count). The first-order valence-electron chi connectivity index (χ1n) is 5.61. The predicted octanol–water partition coefficient (Wildman–Crippen LogP) is 0.0749. The Hall–Kier alpha value is -0.680. The second-order valence-electron chi connectivity index (χ2n) is 4.91. The predicted molar refractivity (Wildman–Crippen MR) is 64.4 cm³/mol. The second-order valence-corrected chi connectivity index (χ2v) is 7.10. The van der Waals surface area contributed by atoms with Crippen LogP contribution in [0, 0.1) is 16.7 Å². The summed E-state index contributed by atoms with van der Waals surface area (Å²) in [6.07, 6.45) is -0.490. The summed E-state index contributed by atoms with van der Waals surface area (Å²) in [5.74, 6) is -0.384. The normalized spacial score (nSPS) is 30.0. The minimum absolute atomic E-state index is 0.0447.